The molecule has 2 atom stereocenters. The van der Waals surface area contributed by atoms with Gasteiger partial charge in [-0.15, -0.1) is 5.10 Å². The van der Waals surface area contributed by atoms with Gasteiger partial charge >= 0.3 is 0 Å². The van der Waals surface area contributed by atoms with Crippen molar-refractivity contribution >= 4 is 5.82 Å². The van der Waals surface area contributed by atoms with Crippen LogP contribution in [0.4, 0.5) is 10.2 Å². The Balaban J connectivity index is 1.54. The van der Waals surface area contributed by atoms with Crippen LogP contribution in [0.15, 0.2) is 30.5 Å². The van der Waals surface area contributed by atoms with Crippen LogP contribution in [0.5, 0.6) is 5.88 Å². The lowest BCUT2D eigenvalue weighted by molar-refractivity contribution is -0.110. The largest absolute Gasteiger partial charge is 0.475 e. The zero-order valence-electron chi connectivity index (χ0n) is 14.9. The highest BCUT2D eigenvalue weighted by atomic mass is 19.1. The molecule has 0 bridgehead atoms. The molecule has 2 aromatic heterocycles. The Kier molecular flexibility index (Phi) is 4.72. The number of hydrogen-bond donors (Lipinski definition) is 0. The number of pyridine rings is 1. The number of rotatable bonds is 4. The normalized spacial score (nSPS) is 25.6. The highest BCUT2D eigenvalue weighted by molar-refractivity contribution is 5.39. The third-order valence-electron chi connectivity index (χ3n) is 5.32. The van der Waals surface area contributed by atoms with Gasteiger partial charge in [0.05, 0.1) is 18.4 Å². The zero-order chi connectivity index (χ0) is 18.0. The van der Waals surface area contributed by atoms with Crippen LogP contribution in [0, 0.1) is 18.2 Å². The fourth-order valence-electron chi connectivity index (χ4n) is 3.95. The van der Waals surface area contributed by atoms with Gasteiger partial charge in [0.2, 0.25) is 5.88 Å². The van der Waals surface area contributed by atoms with Crippen molar-refractivity contribution in [2.75, 3.05) is 31.2 Å². The summed E-state index contributed by atoms with van der Waals surface area (Å²) < 4.78 is 25.8. The van der Waals surface area contributed by atoms with Gasteiger partial charge < -0.3 is 14.4 Å². The molecule has 0 amide bonds. The Morgan fingerprint density at radius 1 is 1.35 bits per heavy atom. The minimum Gasteiger partial charge on any atom is -0.475 e. The van der Waals surface area contributed by atoms with Crippen LogP contribution < -0.4 is 9.64 Å². The molecule has 2 aliphatic rings. The molecule has 0 spiro atoms. The molecule has 0 unspecified atom stereocenters. The summed E-state index contributed by atoms with van der Waals surface area (Å²) in [5.41, 5.74) is 0.695. The van der Waals surface area contributed by atoms with Crippen molar-refractivity contribution in [2.45, 2.75) is 32.3 Å². The second-order valence-electron chi connectivity index (χ2n) is 7.15. The molecule has 0 aliphatic carbocycles. The van der Waals surface area contributed by atoms with Crippen molar-refractivity contribution in [1.82, 2.24) is 15.2 Å². The predicted molar refractivity (Wildman–Crippen MR) is 94.7 cm³/mol. The number of hydrogen-bond acceptors (Lipinski definition) is 6. The Labute approximate surface area is 152 Å². The average Bonchev–Trinajstić information content (AvgIpc) is 2.67. The number of fused-ring (bicyclic) bond motifs is 1. The Bertz CT molecular complexity index is 757. The van der Waals surface area contributed by atoms with Crippen molar-refractivity contribution in [3.8, 4) is 5.88 Å². The van der Waals surface area contributed by atoms with Crippen LogP contribution >= 0.6 is 0 Å². The number of aryl methyl sites for hydroxylation is 1. The molecule has 4 rings (SSSR count). The third kappa shape index (κ3) is 3.35. The quantitative estimate of drug-likeness (QED) is 0.838. The summed E-state index contributed by atoms with van der Waals surface area (Å²) in [6, 6.07) is 6.90. The van der Waals surface area contributed by atoms with Crippen LogP contribution in [-0.2, 0) is 4.74 Å². The van der Waals surface area contributed by atoms with E-state index in [4.69, 9.17) is 9.47 Å². The SMILES string of the molecule is Cc1ccc(N2CC[C@H]3OCCC[C@@]3(COc3ncccc3F)C2)nn1. The first kappa shape index (κ1) is 17.1. The maximum atomic E-state index is 13.9. The monoisotopic (exact) mass is 358 g/mol. The summed E-state index contributed by atoms with van der Waals surface area (Å²) in [5.74, 6) is 0.482. The highest BCUT2D eigenvalue weighted by Crippen LogP contribution is 2.41. The molecule has 7 heteroatoms. The first-order valence-electron chi connectivity index (χ1n) is 9.06. The van der Waals surface area contributed by atoms with Crippen LogP contribution in [-0.4, -0.2) is 47.6 Å². The number of anilines is 1. The summed E-state index contributed by atoms with van der Waals surface area (Å²) in [7, 11) is 0. The predicted octanol–water partition coefficient (Wildman–Crippen LogP) is 2.77. The average molecular weight is 358 g/mol. The molecule has 4 heterocycles. The van der Waals surface area contributed by atoms with Crippen LogP contribution in [0.3, 0.4) is 0 Å². The number of piperidine rings is 1. The van der Waals surface area contributed by atoms with Crippen LogP contribution in [0.2, 0.25) is 0 Å². The summed E-state index contributed by atoms with van der Waals surface area (Å²) in [6.07, 6.45) is 4.49. The fourth-order valence-corrected chi connectivity index (χ4v) is 3.95. The number of halogens is 1. The van der Waals surface area contributed by atoms with E-state index in [1.165, 1.54) is 6.07 Å². The standard InChI is InChI=1S/C19H23FN4O2/c1-14-5-6-17(23-22-14)24-10-7-16-19(12-24,8-3-11-25-16)13-26-18-15(20)4-2-9-21-18/h2,4-6,9,16H,3,7-8,10-13H2,1H3/t16-,19+/m1/s1. The number of aromatic nitrogens is 3. The third-order valence-corrected chi connectivity index (χ3v) is 5.32. The van der Waals surface area contributed by atoms with Gasteiger partial charge in [-0.25, -0.2) is 9.37 Å². The van der Waals surface area contributed by atoms with E-state index in [0.717, 1.165) is 50.5 Å². The number of nitrogens with zero attached hydrogens (tertiary/aromatic N) is 4. The summed E-state index contributed by atoms with van der Waals surface area (Å²) in [5, 5.41) is 8.50. The van der Waals surface area contributed by atoms with Crippen LogP contribution in [0.1, 0.15) is 25.0 Å². The van der Waals surface area contributed by atoms with Gasteiger partial charge in [-0.3, -0.25) is 0 Å². The molecule has 2 aliphatic heterocycles. The van der Waals surface area contributed by atoms with Gasteiger partial charge in [0.25, 0.3) is 0 Å². The Hall–Kier alpha value is -2.28. The molecule has 0 radical (unpaired) electrons. The van der Waals surface area contributed by atoms with Gasteiger partial charge in [-0.05, 0) is 50.5 Å². The fraction of sp³-hybridized carbons (Fsp3) is 0.526. The Morgan fingerprint density at radius 3 is 3.08 bits per heavy atom. The molecular weight excluding hydrogens is 335 g/mol. The minimum absolute atomic E-state index is 0.0541. The zero-order valence-corrected chi connectivity index (χ0v) is 14.9. The molecule has 2 saturated heterocycles. The van der Waals surface area contributed by atoms with E-state index < -0.39 is 5.82 Å². The van der Waals surface area contributed by atoms with E-state index in [9.17, 15) is 4.39 Å². The molecule has 2 aromatic rings. The van der Waals surface area contributed by atoms with Gasteiger partial charge in [-0.1, -0.05) is 0 Å². The molecule has 0 aromatic carbocycles. The van der Waals surface area contributed by atoms with Crippen molar-refractivity contribution < 1.29 is 13.9 Å². The van der Waals surface area contributed by atoms with E-state index in [-0.39, 0.29) is 17.4 Å². The van der Waals surface area contributed by atoms with Crippen molar-refractivity contribution in [3.05, 3.63) is 42.0 Å². The second kappa shape index (κ2) is 7.15. The lowest BCUT2D eigenvalue weighted by Crippen LogP contribution is -2.57. The van der Waals surface area contributed by atoms with Gasteiger partial charge in [0.1, 0.15) is 0 Å². The Morgan fingerprint density at radius 2 is 2.27 bits per heavy atom. The van der Waals surface area contributed by atoms with E-state index >= 15 is 0 Å². The molecule has 2 fully saturated rings. The highest BCUT2D eigenvalue weighted by Gasteiger charge is 2.47. The maximum absolute atomic E-state index is 13.9. The summed E-state index contributed by atoms with van der Waals surface area (Å²) in [4.78, 5) is 6.24. The van der Waals surface area contributed by atoms with Crippen molar-refractivity contribution in [1.29, 1.82) is 0 Å². The topological polar surface area (TPSA) is 60.4 Å². The first-order valence-corrected chi connectivity index (χ1v) is 9.06. The lowest BCUT2D eigenvalue weighted by atomic mass is 9.73. The van der Waals surface area contributed by atoms with Crippen molar-refractivity contribution in [2.24, 2.45) is 5.41 Å². The molecule has 0 N–H and O–H groups in total. The van der Waals surface area contributed by atoms with E-state index in [0.29, 0.717) is 6.61 Å². The van der Waals surface area contributed by atoms with E-state index in [2.05, 4.69) is 20.1 Å². The van der Waals surface area contributed by atoms with E-state index in [1.807, 2.05) is 19.1 Å². The molecule has 6 nitrogen and oxygen atoms in total. The lowest BCUT2D eigenvalue weighted by Gasteiger charge is -2.50. The summed E-state index contributed by atoms with van der Waals surface area (Å²) in [6.45, 7) is 4.69. The maximum Gasteiger partial charge on any atom is 0.250 e. The molecule has 26 heavy (non-hydrogen) atoms. The second-order valence-corrected chi connectivity index (χ2v) is 7.15. The smallest absolute Gasteiger partial charge is 0.250 e. The molecule has 138 valence electrons. The molecule has 0 saturated carbocycles. The minimum atomic E-state index is -0.436. The van der Waals surface area contributed by atoms with Gasteiger partial charge in [-0.2, -0.15) is 5.10 Å². The summed E-state index contributed by atoms with van der Waals surface area (Å²) >= 11 is 0. The number of ether oxygens (including phenoxy) is 2. The van der Waals surface area contributed by atoms with Crippen LogP contribution in [0.25, 0.3) is 0 Å². The van der Waals surface area contributed by atoms with Gasteiger partial charge in [0.15, 0.2) is 11.6 Å². The molecular formula is C19H23FN4O2. The van der Waals surface area contributed by atoms with Gasteiger partial charge in [0, 0.05) is 31.3 Å². The first-order chi connectivity index (χ1) is 12.7. The van der Waals surface area contributed by atoms with Crippen molar-refractivity contribution in [3.63, 3.8) is 0 Å². The van der Waals surface area contributed by atoms with E-state index in [1.54, 1.807) is 12.3 Å².